The molecule has 4 nitrogen and oxygen atoms in total. The van der Waals surface area contributed by atoms with Gasteiger partial charge in [-0.25, -0.2) is 4.39 Å². The molecule has 18 heavy (non-hydrogen) atoms. The lowest BCUT2D eigenvalue weighted by atomic mass is 10.0. The summed E-state index contributed by atoms with van der Waals surface area (Å²) < 4.78 is 17.9. The molecule has 0 fully saturated rings. The number of H-pyrrole nitrogens is 1. The summed E-state index contributed by atoms with van der Waals surface area (Å²) in [5.74, 6) is -0.873. The van der Waals surface area contributed by atoms with Crippen LogP contribution in [0.4, 0.5) is 4.39 Å². The summed E-state index contributed by atoms with van der Waals surface area (Å²) in [6.45, 7) is 1.70. The third-order valence-corrected chi connectivity index (χ3v) is 2.76. The van der Waals surface area contributed by atoms with E-state index >= 15 is 0 Å². The number of carbonyl (C=O) groups excluding carboxylic acids is 1. The first-order chi connectivity index (χ1) is 8.51. The van der Waals surface area contributed by atoms with Crippen molar-refractivity contribution in [1.82, 2.24) is 4.98 Å². The van der Waals surface area contributed by atoms with E-state index in [9.17, 15) is 14.0 Å². The van der Waals surface area contributed by atoms with Crippen molar-refractivity contribution < 1.29 is 13.9 Å². The molecule has 0 saturated carbocycles. The zero-order valence-electron chi connectivity index (χ0n) is 10.0. The van der Waals surface area contributed by atoms with Crippen LogP contribution in [0.2, 0.25) is 0 Å². The zero-order valence-corrected chi connectivity index (χ0v) is 10.0. The lowest BCUT2D eigenvalue weighted by Gasteiger charge is -2.07. The lowest BCUT2D eigenvalue weighted by Crippen LogP contribution is -2.12. The molecule has 0 aliphatic carbocycles. The number of aryl methyl sites for hydroxylation is 1. The smallest absolute Gasteiger partial charge is 0.310 e. The van der Waals surface area contributed by atoms with E-state index in [2.05, 4.69) is 9.72 Å². The first-order valence-corrected chi connectivity index (χ1v) is 5.40. The number of nitrogens with one attached hydrogen (secondary N) is 1. The van der Waals surface area contributed by atoms with Gasteiger partial charge < -0.3 is 9.72 Å². The van der Waals surface area contributed by atoms with Crippen molar-refractivity contribution in [2.24, 2.45) is 0 Å². The van der Waals surface area contributed by atoms with Gasteiger partial charge in [-0.2, -0.15) is 0 Å². The second-order valence-electron chi connectivity index (χ2n) is 4.06. The van der Waals surface area contributed by atoms with Gasteiger partial charge >= 0.3 is 5.97 Å². The molecule has 0 aliphatic heterocycles. The van der Waals surface area contributed by atoms with Gasteiger partial charge in [0.2, 0.25) is 5.56 Å². The van der Waals surface area contributed by atoms with Crippen LogP contribution in [-0.4, -0.2) is 18.1 Å². The summed E-state index contributed by atoms with van der Waals surface area (Å²) in [5, 5.41) is 0.525. The van der Waals surface area contributed by atoms with E-state index in [0.717, 1.165) is 0 Å². The molecule has 0 spiro atoms. The van der Waals surface area contributed by atoms with Gasteiger partial charge in [0.05, 0.1) is 19.0 Å². The molecule has 1 aromatic heterocycles. The predicted molar refractivity (Wildman–Crippen MR) is 65.0 cm³/mol. The summed E-state index contributed by atoms with van der Waals surface area (Å²) in [5.41, 5.74) is 1.30. The Bertz CT molecular complexity index is 676. The lowest BCUT2D eigenvalue weighted by molar-refractivity contribution is -0.139. The van der Waals surface area contributed by atoms with Crippen molar-refractivity contribution in [1.29, 1.82) is 0 Å². The van der Waals surface area contributed by atoms with E-state index in [1.165, 1.54) is 25.3 Å². The number of hydrogen-bond acceptors (Lipinski definition) is 3. The Hall–Kier alpha value is -2.17. The van der Waals surface area contributed by atoms with E-state index in [4.69, 9.17) is 0 Å². The molecule has 0 aliphatic rings. The number of halogens is 1. The third kappa shape index (κ3) is 2.25. The molecule has 0 saturated heterocycles. The molecular weight excluding hydrogens is 237 g/mol. The topological polar surface area (TPSA) is 59.2 Å². The maximum absolute atomic E-state index is 13.4. The Morgan fingerprint density at radius 1 is 1.39 bits per heavy atom. The Morgan fingerprint density at radius 3 is 2.78 bits per heavy atom. The van der Waals surface area contributed by atoms with Gasteiger partial charge in [0.15, 0.2) is 0 Å². The van der Waals surface area contributed by atoms with E-state index in [-0.39, 0.29) is 12.0 Å². The average Bonchev–Trinajstić information content (AvgIpc) is 2.30. The fraction of sp³-hybridized carbons (Fsp3) is 0.231. The summed E-state index contributed by atoms with van der Waals surface area (Å²) >= 11 is 0. The number of methoxy groups -OCH3 is 1. The van der Waals surface area contributed by atoms with E-state index in [1.807, 2.05) is 0 Å². The van der Waals surface area contributed by atoms with E-state index < -0.39 is 11.8 Å². The molecule has 2 aromatic rings. The SMILES string of the molecule is COC(=O)Cc1cc(=O)[nH]c2c(C)cc(F)cc12. The van der Waals surface area contributed by atoms with Crippen LogP contribution in [0, 0.1) is 12.7 Å². The molecular formula is C13H12FNO3. The monoisotopic (exact) mass is 249 g/mol. The van der Waals surface area contributed by atoms with Gasteiger partial charge in [0, 0.05) is 11.5 Å². The molecule has 5 heteroatoms. The first kappa shape index (κ1) is 12.3. The maximum atomic E-state index is 13.4. The number of pyridine rings is 1. The standard InChI is InChI=1S/C13H12FNO3/c1-7-3-9(14)6-10-8(5-12(17)18-2)4-11(16)15-13(7)10/h3-4,6H,5H2,1-2H3,(H,15,16). The Morgan fingerprint density at radius 2 is 2.11 bits per heavy atom. The van der Waals surface area contributed by atoms with Gasteiger partial charge in [-0.3, -0.25) is 9.59 Å². The molecule has 94 valence electrons. The zero-order chi connectivity index (χ0) is 13.3. The number of benzene rings is 1. The number of aromatic nitrogens is 1. The number of rotatable bonds is 2. The number of aromatic amines is 1. The number of ether oxygens (including phenoxy) is 1. The largest absolute Gasteiger partial charge is 0.469 e. The van der Waals surface area contributed by atoms with Gasteiger partial charge in [0.25, 0.3) is 0 Å². The van der Waals surface area contributed by atoms with Crippen LogP contribution in [0.3, 0.4) is 0 Å². The second-order valence-corrected chi connectivity index (χ2v) is 4.06. The van der Waals surface area contributed by atoms with Gasteiger partial charge in [-0.05, 0) is 30.2 Å². The minimum Gasteiger partial charge on any atom is -0.469 e. The third-order valence-electron chi connectivity index (χ3n) is 2.76. The fourth-order valence-electron chi connectivity index (χ4n) is 1.93. The minimum absolute atomic E-state index is 0.0557. The van der Waals surface area contributed by atoms with Crippen molar-refractivity contribution >= 4 is 16.9 Å². The molecule has 0 radical (unpaired) electrons. The summed E-state index contributed by atoms with van der Waals surface area (Å²) in [7, 11) is 1.27. The Balaban J connectivity index is 2.71. The highest BCUT2D eigenvalue weighted by molar-refractivity contribution is 5.88. The second kappa shape index (κ2) is 4.60. The molecule has 0 atom stereocenters. The Kier molecular flexibility index (Phi) is 3.14. The first-order valence-electron chi connectivity index (χ1n) is 5.40. The van der Waals surface area contributed by atoms with Crippen LogP contribution in [-0.2, 0) is 16.0 Å². The van der Waals surface area contributed by atoms with E-state index in [0.29, 0.717) is 22.0 Å². The predicted octanol–water partition coefficient (Wildman–Crippen LogP) is 1.69. The number of esters is 1. The molecule has 2 rings (SSSR count). The minimum atomic E-state index is -0.469. The average molecular weight is 249 g/mol. The summed E-state index contributed by atoms with van der Waals surface area (Å²) in [6, 6.07) is 3.93. The van der Waals surface area contributed by atoms with Crippen LogP contribution in [0.1, 0.15) is 11.1 Å². The van der Waals surface area contributed by atoms with Gasteiger partial charge in [0.1, 0.15) is 5.82 Å². The fourth-order valence-corrected chi connectivity index (χ4v) is 1.93. The van der Waals surface area contributed by atoms with Crippen LogP contribution < -0.4 is 5.56 Å². The van der Waals surface area contributed by atoms with Gasteiger partial charge in [-0.15, -0.1) is 0 Å². The number of carbonyl (C=O) groups is 1. The molecule has 0 bridgehead atoms. The molecule has 1 aromatic carbocycles. The van der Waals surface area contributed by atoms with Crippen molar-refractivity contribution in [3.8, 4) is 0 Å². The molecule has 0 unspecified atom stereocenters. The highest BCUT2D eigenvalue weighted by atomic mass is 19.1. The molecule has 0 amide bonds. The normalized spacial score (nSPS) is 10.6. The number of hydrogen-bond donors (Lipinski definition) is 1. The molecule has 1 heterocycles. The van der Waals surface area contributed by atoms with E-state index in [1.54, 1.807) is 6.92 Å². The Labute approximate surface area is 102 Å². The van der Waals surface area contributed by atoms with Crippen molar-refractivity contribution in [2.45, 2.75) is 13.3 Å². The quantitative estimate of drug-likeness (QED) is 0.824. The van der Waals surface area contributed by atoms with Crippen LogP contribution in [0.25, 0.3) is 10.9 Å². The number of fused-ring (bicyclic) bond motifs is 1. The highest BCUT2D eigenvalue weighted by Crippen LogP contribution is 2.20. The summed E-state index contributed by atoms with van der Waals surface area (Å²) in [4.78, 5) is 25.4. The van der Waals surface area contributed by atoms with Crippen LogP contribution >= 0.6 is 0 Å². The van der Waals surface area contributed by atoms with Crippen molar-refractivity contribution in [3.05, 3.63) is 45.5 Å². The summed E-state index contributed by atoms with van der Waals surface area (Å²) in [6.07, 6.45) is -0.0557. The van der Waals surface area contributed by atoms with Crippen molar-refractivity contribution in [2.75, 3.05) is 7.11 Å². The maximum Gasteiger partial charge on any atom is 0.310 e. The van der Waals surface area contributed by atoms with Crippen LogP contribution in [0.15, 0.2) is 23.0 Å². The highest BCUT2D eigenvalue weighted by Gasteiger charge is 2.11. The molecule has 1 N–H and O–H groups in total. The van der Waals surface area contributed by atoms with Crippen molar-refractivity contribution in [3.63, 3.8) is 0 Å². The van der Waals surface area contributed by atoms with Gasteiger partial charge in [-0.1, -0.05) is 0 Å². The van der Waals surface area contributed by atoms with Crippen LogP contribution in [0.5, 0.6) is 0 Å².